The first-order chi connectivity index (χ1) is 13.6. The summed E-state index contributed by atoms with van der Waals surface area (Å²) in [6.07, 6.45) is 0.382. The van der Waals surface area contributed by atoms with Crippen LogP contribution in [0.15, 0.2) is 65.8 Å². The highest BCUT2D eigenvalue weighted by molar-refractivity contribution is 6.37. The smallest absolute Gasteiger partial charge is 0.355 e. The molecule has 2 amide bonds. The van der Waals surface area contributed by atoms with E-state index in [1.165, 1.54) is 0 Å². The van der Waals surface area contributed by atoms with Gasteiger partial charge in [-0.25, -0.2) is 10.2 Å². The number of rotatable bonds is 7. The van der Waals surface area contributed by atoms with Crippen molar-refractivity contribution in [1.82, 2.24) is 10.3 Å². The van der Waals surface area contributed by atoms with Gasteiger partial charge in [0.25, 0.3) is 5.91 Å². The summed E-state index contributed by atoms with van der Waals surface area (Å²) in [5, 5.41) is 3.69. The summed E-state index contributed by atoms with van der Waals surface area (Å²) < 4.78 is 5.12. The monoisotopic (exact) mass is 379 g/mol. The molecule has 0 bridgehead atoms. The van der Waals surface area contributed by atoms with Crippen molar-refractivity contribution in [2.24, 2.45) is 5.10 Å². The van der Waals surface area contributed by atoms with E-state index in [-0.39, 0.29) is 37.0 Å². The number of hydrogen-bond acceptors (Lipinski definition) is 5. The van der Waals surface area contributed by atoms with Gasteiger partial charge in [0.05, 0.1) is 0 Å². The zero-order chi connectivity index (χ0) is 19.8. The zero-order valence-corrected chi connectivity index (χ0v) is 15.3. The average molecular weight is 379 g/mol. The summed E-state index contributed by atoms with van der Waals surface area (Å²) in [5.41, 5.74) is 4.32. The summed E-state index contributed by atoms with van der Waals surface area (Å²) in [6, 6.07) is 19.2. The first-order valence-corrected chi connectivity index (χ1v) is 9.00. The molecule has 0 fully saturated rings. The van der Waals surface area contributed by atoms with Gasteiger partial charge in [0.1, 0.15) is 5.71 Å². The molecule has 7 nitrogen and oxygen atoms in total. The zero-order valence-electron chi connectivity index (χ0n) is 15.3. The molecule has 3 rings (SSSR count). The molecule has 28 heavy (non-hydrogen) atoms. The number of nitrogens with one attached hydrogen (secondary N) is 1. The summed E-state index contributed by atoms with van der Waals surface area (Å²) in [7, 11) is 0. The van der Waals surface area contributed by atoms with Crippen molar-refractivity contribution in [1.29, 1.82) is 0 Å². The van der Waals surface area contributed by atoms with E-state index in [9.17, 15) is 14.4 Å². The van der Waals surface area contributed by atoms with Crippen molar-refractivity contribution in [2.75, 3.05) is 6.61 Å². The number of esters is 1. The molecule has 0 radical (unpaired) electrons. The van der Waals surface area contributed by atoms with Gasteiger partial charge in [-0.2, -0.15) is 5.10 Å². The lowest BCUT2D eigenvalue weighted by atomic mass is 10.1. The largest absolute Gasteiger partial charge is 0.451 e. The van der Waals surface area contributed by atoms with Crippen molar-refractivity contribution < 1.29 is 19.1 Å². The Hall–Kier alpha value is -3.48. The van der Waals surface area contributed by atoms with Gasteiger partial charge < -0.3 is 9.64 Å². The third-order valence-corrected chi connectivity index (χ3v) is 4.25. The van der Waals surface area contributed by atoms with Crippen molar-refractivity contribution in [3.05, 3.63) is 71.8 Å². The molecule has 0 aromatic heterocycles. The van der Waals surface area contributed by atoms with E-state index in [2.05, 4.69) is 10.5 Å². The van der Waals surface area contributed by atoms with Gasteiger partial charge in [-0.05, 0) is 11.1 Å². The highest BCUT2D eigenvalue weighted by Gasteiger charge is 2.22. The van der Waals surface area contributed by atoms with Crippen LogP contribution in [-0.2, 0) is 32.2 Å². The fraction of sp³-hybridized carbons (Fsp3) is 0.238. The summed E-state index contributed by atoms with van der Waals surface area (Å²) in [4.78, 5) is 37.5. The Morgan fingerprint density at radius 3 is 2.00 bits per heavy atom. The highest BCUT2D eigenvalue weighted by Crippen LogP contribution is 2.11. The molecular formula is C21H21N3O4. The predicted octanol–water partition coefficient (Wildman–Crippen LogP) is 2.02. The Morgan fingerprint density at radius 2 is 1.50 bits per heavy atom. The molecule has 0 saturated carbocycles. The number of ether oxygens (including phenoxy) is 1. The van der Waals surface area contributed by atoms with E-state index < -0.39 is 5.97 Å². The molecule has 1 N–H and O–H groups in total. The van der Waals surface area contributed by atoms with Gasteiger partial charge in [0.2, 0.25) is 5.91 Å². The molecule has 1 aliphatic rings. The van der Waals surface area contributed by atoms with E-state index in [0.717, 1.165) is 11.1 Å². The van der Waals surface area contributed by atoms with Crippen molar-refractivity contribution in [2.45, 2.75) is 25.9 Å². The van der Waals surface area contributed by atoms with Crippen LogP contribution < -0.4 is 5.43 Å². The second-order valence-electron chi connectivity index (χ2n) is 6.39. The van der Waals surface area contributed by atoms with Gasteiger partial charge in [0, 0.05) is 25.9 Å². The minimum absolute atomic E-state index is 0.116. The number of hydrazone groups is 1. The third-order valence-electron chi connectivity index (χ3n) is 4.25. The quantitative estimate of drug-likeness (QED) is 0.746. The van der Waals surface area contributed by atoms with Gasteiger partial charge in [-0.3, -0.25) is 9.59 Å². The Morgan fingerprint density at radius 1 is 0.929 bits per heavy atom. The molecular weight excluding hydrogens is 358 g/mol. The van der Waals surface area contributed by atoms with Gasteiger partial charge in [-0.1, -0.05) is 60.7 Å². The third kappa shape index (κ3) is 5.51. The maximum Gasteiger partial charge on any atom is 0.355 e. The fourth-order valence-corrected chi connectivity index (χ4v) is 2.76. The van der Waals surface area contributed by atoms with E-state index >= 15 is 0 Å². The van der Waals surface area contributed by atoms with E-state index in [4.69, 9.17) is 4.74 Å². The molecule has 0 spiro atoms. The molecule has 144 valence electrons. The van der Waals surface area contributed by atoms with Crippen molar-refractivity contribution in [3.63, 3.8) is 0 Å². The highest BCUT2D eigenvalue weighted by atomic mass is 16.5. The molecule has 7 heteroatoms. The maximum absolute atomic E-state index is 12.7. The van der Waals surface area contributed by atoms with Crippen molar-refractivity contribution >= 4 is 23.5 Å². The Bertz CT molecular complexity index is 824. The second-order valence-corrected chi connectivity index (χ2v) is 6.39. The van der Waals surface area contributed by atoms with Crippen LogP contribution in [0.1, 0.15) is 24.0 Å². The van der Waals surface area contributed by atoms with Crippen LogP contribution in [0.4, 0.5) is 0 Å². The summed E-state index contributed by atoms with van der Waals surface area (Å²) in [6.45, 7) is 0.428. The van der Waals surface area contributed by atoms with Gasteiger partial charge >= 0.3 is 5.97 Å². The SMILES string of the molecule is O=C1CCC(C(=O)OCC(=O)N(Cc2ccccc2)Cc2ccccc2)=NN1. The molecule has 0 atom stereocenters. The lowest BCUT2D eigenvalue weighted by Gasteiger charge is -2.23. The Kier molecular flexibility index (Phi) is 6.51. The van der Waals surface area contributed by atoms with E-state index in [0.29, 0.717) is 13.1 Å². The number of carbonyl (C=O) groups is 3. The maximum atomic E-state index is 12.7. The van der Waals surface area contributed by atoms with Gasteiger partial charge in [-0.15, -0.1) is 0 Å². The van der Waals surface area contributed by atoms with Gasteiger partial charge in [0.15, 0.2) is 6.61 Å². The first kappa shape index (κ1) is 19.3. The van der Waals surface area contributed by atoms with Crippen LogP contribution in [0.2, 0.25) is 0 Å². The van der Waals surface area contributed by atoms with Crippen LogP contribution in [0.5, 0.6) is 0 Å². The summed E-state index contributed by atoms with van der Waals surface area (Å²) >= 11 is 0. The fourth-order valence-electron chi connectivity index (χ4n) is 2.76. The normalized spacial score (nSPS) is 13.3. The first-order valence-electron chi connectivity index (χ1n) is 9.00. The molecule has 2 aromatic carbocycles. The van der Waals surface area contributed by atoms with Crippen LogP contribution in [0.3, 0.4) is 0 Å². The number of hydrogen-bond donors (Lipinski definition) is 1. The van der Waals surface area contributed by atoms with Crippen molar-refractivity contribution in [3.8, 4) is 0 Å². The number of nitrogens with zero attached hydrogens (tertiary/aromatic N) is 2. The molecule has 0 aliphatic carbocycles. The second kappa shape index (κ2) is 9.45. The van der Waals surface area contributed by atoms with Crippen LogP contribution in [-0.4, -0.2) is 35.0 Å². The Balaban J connectivity index is 1.64. The molecule has 2 aromatic rings. The number of benzene rings is 2. The molecule has 0 unspecified atom stereocenters. The minimum Gasteiger partial charge on any atom is -0.451 e. The van der Waals surface area contributed by atoms with Crippen LogP contribution in [0, 0.1) is 0 Å². The van der Waals surface area contributed by atoms with E-state index in [1.807, 2.05) is 60.7 Å². The Labute approximate surface area is 163 Å². The number of carbonyl (C=O) groups excluding carboxylic acids is 3. The average Bonchev–Trinajstić information content (AvgIpc) is 2.73. The van der Waals surface area contributed by atoms with Crippen LogP contribution >= 0.6 is 0 Å². The lowest BCUT2D eigenvalue weighted by Crippen LogP contribution is -2.36. The molecule has 1 aliphatic heterocycles. The lowest BCUT2D eigenvalue weighted by molar-refractivity contribution is -0.147. The molecule has 0 saturated heterocycles. The summed E-state index contributed by atoms with van der Waals surface area (Å²) in [5.74, 6) is -1.24. The minimum atomic E-state index is -0.687. The molecule has 1 heterocycles. The topological polar surface area (TPSA) is 88.1 Å². The van der Waals surface area contributed by atoms with E-state index in [1.54, 1.807) is 4.90 Å². The standard InChI is InChI=1S/C21H21N3O4/c25-19-12-11-18(22-23-19)21(27)28-15-20(26)24(13-16-7-3-1-4-8-16)14-17-9-5-2-6-10-17/h1-10H,11-15H2,(H,23,25). The predicted molar refractivity (Wildman–Crippen MR) is 103 cm³/mol. The van der Waals surface area contributed by atoms with Crippen LogP contribution in [0.25, 0.3) is 0 Å². The number of amides is 2.